The molecular formula is C32H36N2O7. The lowest BCUT2D eigenvalue weighted by atomic mass is 9.95. The predicted molar refractivity (Wildman–Crippen MR) is 156 cm³/mol. The Morgan fingerprint density at radius 3 is 1.76 bits per heavy atom. The van der Waals surface area contributed by atoms with E-state index in [4.69, 9.17) is 23.7 Å². The van der Waals surface area contributed by atoms with Gasteiger partial charge in [-0.05, 0) is 47.9 Å². The summed E-state index contributed by atoms with van der Waals surface area (Å²) in [6, 6.07) is 16.9. The molecule has 0 aliphatic carbocycles. The number of hydrogen-bond donors (Lipinski definition) is 0. The van der Waals surface area contributed by atoms with Crippen LogP contribution in [0.2, 0.25) is 0 Å². The minimum Gasteiger partial charge on any atom is -0.493 e. The van der Waals surface area contributed by atoms with Crippen LogP contribution in [0.4, 0.5) is 0 Å². The van der Waals surface area contributed by atoms with Crippen LogP contribution in [0.5, 0.6) is 28.7 Å². The van der Waals surface area contributed by atoms with E-state index in [1.54, 1.807) is 42.2 Å². The van der Waals surface area contributed by atoms with E-state index in [0.29, 0.717) is 60.5 Å². The largest absolute Gasteiger partial charge is 0.493 e. The first-order chi connectivity index (χ1) is 19.8. The van der Waals surface area contributed by atoms with Crippen LogP contribution in [0.15, 0.2) is 60.7 Å². The average molecular weight is 561 g/mol. The molecule has 4 rings (SSSR count). The highest BCUT2D eigenvalue weighted by Crippen LogP contribution is 2.38. The van der Waals surface area contributed by atoms with Crippen molar-refractivity contribution in [3.8, 4) is 28.7 Å². The predicted octanol–water partition coefficient (Wildman–Crippen LogP) is 4.45. The number of methoxy groups -OCH3 is 5. The molecule has 0 bridgehead atoms. The number of nitrogens with zero attached hydrogens (tertiary/aromatic N) is 2. The third kappa shape index (κ3) is 6.40. The van der Waals surface area contributed by atoms with Crippen LogP contribution in [0.3, 0.4) is 0 Å². The number of carbonyl (C=O) groups excluding carboxylic acids is 2. The van der Waals surface area contributed by atoms with Gasteiger partial charge in [0.1, 0.15) is 0 Å². The SMILES string of the molecule is COc1ccc(/C(=C/C(=O)N2CCN(C(=O)c3cc(OC)c(OC)c(OC)c3)CC2)c2cccc(C)c2)cc1OC. The summed E-state index contributed by atoms with van der Waals surface area (Å²) >= 11 is 0. The van der Waals surface area contributed by atoms with Gasteiger partial charge in [0, 0.05) is 37.8 Å². The van der Waals surface area contributed by atoms with Crippen molar-refractivity contribution in [2.75, 3.05) is 61.7 Å². The van der Waals surface area contributed by atoms with Gasteiger partial charge in [-0.15, -0.1) is 0 Å². The van der Waals surface area contributed by atoms with Crippen LogP contribution in [0, 0.1) is 6.92 Å². The maximum atomic E-state index is 13.5. The van der Waals surface area contributed by atoms with Crippen molar-refractivity contribution < 1.29 is 33.3 Å². The third-order valence-corrected chi connectivity index (χ3v) is 7.08. The van der Waals surface area contributed by atoms with Gasteiger partial charge in [-0.1, -0.05) is 35.9 Å². The number of piperazine rings is 1. The monoisotopic (exact) mass is 560 g/mol. The molecule has 0 radical (unpaired) electrons. The Morgan fingerprint density at radius 2 is 1.20 bits per heavy atom. The number of rotatable bonds is 9. The zero-order valence-corrected chi connectivity index (χ0v) is 24.4. The Balaban J connectivity index is 1.55. The van der Waals surface area contributed by atoms with Gasteiger partial charge in [0.25, 0.3) is 5.91 Å². The van der Waals surface area contributed by atoms with E-state index in [9.17, 15) is 9.59 Å². The quantitative estimate of drug-likeness (QED) is 0.357. The summed E-state index contributed by atoms with van der Waals surface area (Å²) in [6.07, 6.45) is 1.66. The van der Waals surface area contributed by atoms with E-state index < -0.39 is 0 Å². The number of aryl methyl sites for hydroxylation is 1. The summed E-state index contributed by atoms with van der Waals surface area (Å²) in [5.74, 6) is 2.14. The first-order valence-corrected chi connectivity index (χ1v) is 13.2. The Bertz CT molecular complexity index is 1420. The van der Waals surface area contributed by atoms with Gasteiger partial charge in [-0.25, -0.2) is 0 Å². The van der Waals surface area contributed by atoms with Crippen LogP contribution in [-0.4, -0.2) is 83.3 Å². The molecule has 0 N–H and O–H groups in total. The molecule has 216 valence electrons. The second-order valence-corrected chi connectivity index (χ2v) is 9.53. The lowest BCUT2D eigenvalue weighted by Crippen LogP contribution is -2.50. The lowest BCUT2D eigenvalue weighted by molar-refractivity contribution is -0.127. The Kier molecular flexibility index (Phi) is 9.39. The molecular weight excluding hydrogens is 524 g/mol. The van der Waals surface area contributed by atoms with Gasteiger partial charge in [0.05, 0.1) is 35.5 Å². The maximum absolute atomic E-state index is 13.5. The fourth-order valence-corrected chi connectivity index (χ4v) is 4.88. The summed E-state index contributed by atoms with van der Waals surface area (Å²) in [7, 11) is 7.71. The summed E-state index contributed by atoms with van der Waals surface area (Å²) in [5, 5.41) is 0. The Morgan fingerprint density at radius 1 is 0.634 bits per heavy atom. The molecule has 1 saturated heterocycles. The van der Waals surface area contributed by atoms with Gasteiger partial charge in [0.15, 0.2) is 23.0 Å². The number of carbonyl (C=O) groups is 2. The fourth-order valence-electron chi connectivity index (χ4n) is 4.88. The summed E-state index contributed by atoms with van der Waals surface area (Å²) < 4.78 is 27.1. The standard InChI is InChI=1S/C32H36N2O7/c1-21-8-7-9-22(16-21)25(23-10-11-26(37-2)27(17-23)38-3)20-30(35)33-12-14-34(15-13-33)32(36)24-18-28(39-4)31(41-6)29(19-24)40-5/h7-11,16-20H,12-15H2,1-6H3/b25-20+. The van der Waals surface area contributed by atoms with E-state index >= 15 is 0 Å². The molecule has 3 aromatic rings. The molecule has 1 heterocycles. The van der Waals surface area contributed by atoms with Crippen molar-refractivity contribution in [3.05, 3.63) is 82.9 Å². The molecule has 9 heteroatoms. The molecule has 1 fully saturated rings. The molecule has 0 atom stereocenters. The van der Waals surface area contributed by atoms with Gasteiger partial charge in [-0.3, -0.25) is 9.59 Å². The smallest absolute Gasteiger partial charge is 0.254 e. The van der Waals surface area contributed by atoms with Crippen molar-refractivity contribution in [2.24, 2.45) is 0 Å². The van der Waals surface area contributed by atoms with Crippen LogP contribution in [0.1, 0.15) is 27.0 Å². The molecule has 9 nitrogen and oxygen atoms in total. The van der Waals surface area contributed by atoms with E-state index in [1.165, 1.54) is 21.3 Å². The van der Waals surface area contributed by atoms with Crippen molar-refractivity contribution >= 4 is 17.4 Å². The van der Waals surface area contributed by atoms with Crippen molar-refractivity contribution in [1.82, 2.24) is 9.80 Å². The Labute approximate surface area is 240 Å². The number of amides is 2. The molecule has 41 heavy (non-hydrogen) atoms. The molecule has 0 saturated carbocycles. The highest BCUT2D eigenvalue weighted by molar-refractivity contribution is 6.00. The van der Waals surface area contributed by atoms with Gasteiger partial charge >= 0.3 is 0 Å². The molecule has 1 aliphatic heterocycles. The molecule has 3 aromatic carbocycles. The zero-order valence-electron chi connectivity index (χ0n) is 24.4. The van der Waals surface area contributed by atoms with Crippen molar-refractivity contribution in [2.45, 2.75) is 6.92 Å². The van der Waals surface area contributed by atoms with E-state index in [0.717, 1.165) is 22.3 Å². The third-order valence-electron chi connectivity index (χ3n) is 7.08. The number of benzene rings is 3. The van der Waals surface area contributed by atoms with Crippen molar-refractivity contribution in [1.29, 1.82) is 0 Å². The molecule has 0 unspecified atom stereocenters. The summed E-state index contributed by atoms with van der Waals surface area (Å²) in [6.45, 7) is 3.61. The van der Waals surface area contributed by atoms with Crippen LogP contribution >= 0.6 is 0 Å². The first kappa shape index (κ1) is 29.3. The highest BCUT2D eigenvalue weighted by atomic mass is 16.5. The van der Waals surface area contributed by atoms with E-state index in [-0.39, 0.29) is 11.8 Å². The first-order valence-electron chi connectivity index (χ1n) is 13.2. The molecule has 1 aliphatic rings. The Hall–Kier alpha value is -4.66. The fraction of sp³-hybridized carbons (Fsp3) is 0.312. The normalized spacial score (nSPS) is 13.5. The number of hydrogen-bond acceptors (Lipinski definition) is 7. The van der Waals surface area contributed by atoms with Crippen molar-refractivity contribution in [3.63, 3.8) is 0 Å². The zero-order chi connectivity index (χ0) is 29.5. The van der Waals surface area contributed by atoms with Crippen LogP contribution in [0.25, 0.3) is 5.57 Å². The summed E-state index contributed by atoms with van der Waals surface area (Å²) in [5.41, 5.74) is 4.03. The van der Waals surface area contributed by atoms with Crippen LogP contribution in [-0.2, 0) is 4.79 Å². The van der Waals surface area contributed by atoms with E-state index in [1.807, 2.05) is 49.4 Å². The van der Waals surface area contributed by atoms with E-state index in [2.05, 4.69) is 0 Å². The van der Waals surface area contributed by atoms with Crippen LogP contribution < -0.4 is 23.7 Å². The van der Waals surface area contributed by atoms with Gasteiger partial charge in [-0.2, -0.15) is 0 Å². The average Bonchev–Trinajstić information content (AvgIpc) is 3.02. The molecule has 0 aromatic heterocycles. The van der Waals surface area contributed by atoms with Gasteiger partial charge in [0.2, 0.25) is 11.7 Å². The molecule has 2 amide bonds. The minimum absolute atomic E-state index is 0.129. The highest BCUT2D eigenvalue weighted by Gasteiger charge is 2.26. The minimum atomic E-state index is -0.169. The molecule has 0 spiro atoms. The summed E-state index contributed by atoms with van der Waals surface area (Å²) in [4.78, 5) is 30.4. The number of ether oxygens (including phenoxy) is 5. The lowest BCUT2D eigenvalue weighted by Gasteiger charge is -2.34. The van der Waals surface area contributed by atoms with Gasteiger partial charge < -0.3 is 33.5 Å². The topological polar surface area (TPSA) is 86.8 Å². The maximum Gasteiger partial charge on any atom is 0.254 e. The second kappa shape index (κ2) is 13.1. The second-order valence-electron chi connectivity index (χ2n) is 9.53.